The van der Waals surface area contributed by atoms with Crippen molar-refractivity contribution in [2.45, 2.75) is 25.9 Å². The molecule has 2 nitrogen and oxygen atoms in total. The monoisotopic (exact) mass is 219 g/mol. The molecule has 0 aliphatic rings. The molecule has 0 unspecified atom stereocenters. The Balaban J connectivity index is 2.88. The van der Waals surface area contributed by atoms with Crippen LogP contribution in [0.1, 0.15) is 31.6 Å². The standard InChI is InChI=1S/C9H11Cl2NO/c1-2-3-8(13)9-7(11)4-6(10)5-12-9/h4-5,8,13H,2-3H2,1H3/t8-/m1/s1. The Labute approximate surface area is 87.5 Å². The van der Waals surface area contributed by atoms with Crippen LogP contribution in [0.3, 0.4) is 0 Å². The molecule has 72 valence electrons. The summed E-state index contributed by atoms with van der Waals surface area (Å²) in [4.78, 5) is 3.98. The second-order valence-corrected chi connectivity index (χ2v) is 3.67. The molecule has 0 aromatic carbocycles. The highest BCUT2D eigenvalue weighted by Crippen LogP contribution is 2.25. The quantitative estimate of drug-likeness (QED) is 0.848. The van der Waals surface area contributed by atoms with Crippen LogP contribution in [0.2, 0.25) is 10.0 Å². The molecule has 0 aliphatic heterocycles. The van der Waals surface area contributed by atoms with Crippen LogP contribution in [0, 0.1) is 0 Å². The van der Waals surface area contributed by atoms with Gasteiger partial charge in [-0.15, -0.1) is 0 Å². The topological polar surface area (TPSA) is 33.1 Å². The van der Waals surface area contributed by atoms with E-state index in [1.54, 1.807) is 6.07 Å². The van der Waals surface area contributed by atoms with Crippen LogP contribution in [-0.4, -0.2) is 10.1 Å². The molecule has 4 heteroatoms. The minimum Gasteiger partial charge on any atom is -0.387 e. The van der Waals surface area contributed by atoms with E-state index in [0.717, 1.165) is 6.42 Å². The maximum absolute atomic E-state index is 9.60. The molecular weight excluding hydrogens is 209 g/mol. The Kier molecular flexibility index (Phi) is 3.97. The fraction of sp³-hybridized carbons (Fsp3) is 0.444. The van der Waals surface area contributed by atoms with Gasteiger partial charge in [0.15, 0.2) is 0 Å². The number of aliphatic hydroxyl groups excluding tert-OH is 1. The minimum absolute atomic E-state index is 0.424. The van der Waals surface area contributed by atoms with Gasteiger partial charge in [-0.3, -0.25) is 4.98 Å². The van der Waals surface area contributed by atoms with E-state index in [-0.39, 0.29) is 0 Å². The van der Waals surface area contributed by atoms with E-state index in [0.29, 0.717) is 22.2 Å². The first-order chi connectivity index (χ1) is 6.15. The number of hydrogen-bond donors (Lipinski definition) is 1. The van der Waals surface area contributed by atoms with Crippen molar-refractivity contribution < 1.29 is 5.11 Å². The third-order valence-corrected chi connectivity index (χ3v) is 2.22. The summed E-state index contributed by atoms with van der Waals surface area (Å²) >= 11 is 11.5. The van der Waals surface area contributed by atoms with Crippen LogP contribution in [0.5, 0.6) is 0 Å². The molecule has 1 aromatic heterocycles. The molecule has 0 radical (unpaired) electrons. The van der Waals surface area contributed by atoms with Crippen LogP contribution >= 0.6 is 23.2 Å². The zero-order valence-electron chi connectivity index (χ0n) is 7.30. The minimum atomic E-state index is -0.588. The van der Waals surface area contributed by atoms with Crippen molar-refractivity contribution in [3.8, 4) is 0 Å². The molecule has 1 N–H and O–H groups in total. The highest BCUT2D eigenvalue weighted by molar-refractivity contribution is 6.34. The second-order valence-electron chi connectivity index (χ2n) is 2.83. The van der Waals surface area contributed by atoms with Crippen molar-refractivity contribution in [3.63, 3.8) is 0 Å². The number of pyridine rings is 1. The Morgan fingerprint density at radius 1 is 1.54 bits per heavy atom. The Morgan fingerprint density at radius 2 is 2.23 bits per heavy atom. The summed E-state index contributed by atoms with van der Waals surface area (Å²) in [5.74, 6) is 0. The molecular formula is C9H11Cl2NO. The Bertz CT molecular complexity index is 291. The van der Waals surface area contributed by atoms with Crippen molar-refractivity contribution in [2.75, 3.05) is 0 Å². The zero-order valence-corrected chi connectivity index (χ0v) is 8.81. The summed E-state index contributed by atoms with van der Waals surface area (Å²) in [6.07, 6.45) is 2.45. The third-order valence-electron chi connectivity index (χ3n) is 1.71. The molecule has 0 amide bonds. The van der Waals surface area contributed by atoms with E-state index >= 15 is 0 Å². The van der Waals surface area contributed by atoms with E-state index in [1.165, 1.54) is 6.20 Å². The van der Waals surface area contributed by atoms with E-state index in [1.807, 2.05) is 6.92 Å². The number of aliphatic hydroxyl groups is 1. The van der Waals surface area contributed by atoms with Crippen LogP contribution in [0.15, 0.2) is 12.3 Å². The van der Waals surface area contributed by atoms with E-state index in [2.05, 4.69) is 4.98 Å². The van der Waals surface area contributed by atoms with Gasteiger partial charge in [-0.25, -0.2) is 0 Å². The maximum atomic E-state index is 9.60. The molecule has 0 aliphatic carbocycles. The van der Waals surface area contributed by atoms with Crippen LogP contribution < -0.4 is 0 Å². The van der Waals surface area contributed by atoms with Gasteiger partial charge in [0.05, 0.1) is 21.8 Å². The van der Waals surface area contributed by atoms with Crippen molar-refractivity contribution in [1.29, 1.82) is 0 Å². The summed E-state index contributed by atoms with van der Waals surface area (Å²) in [5, 5.41) is 10.5. The maximum Gasteiger partial charge on any atom is 0.0974 e. The average molecular weight is 220 g/mol. The summed E-state index contributed by atoms with van der Waals surface area (Å²) in [6.45, 7) is 1.99. The first-order valence-electron chi connectivity index (χ1n) is 4.14. The first kappa shape index (κ1) is 10.8. The molecule has 13 heavy (non-hydrogen) atoms. The summed E-state index contributed by atoms with van der Waals surface area (Å²) in [7, 11) is 0. The molecule has 1 rings (SSSR count). The van der Waals surface area contributed by atoms with E-state index in [9.17, 15) is 5.11 Å². The van der Waals surface area contributed by atoms with Gasteiger partial charge in [-0.2, -0.15) is 0 Å². The van der Waals surface area contributed by atoms with Crippen LogP contribution in [-0.2, 0) is 0 Å². The van der Waals surface area contributed by atoms with Crippen LogP contribution in [0.25, 0.3) is 0 Å². The molecule has 0 fully saturated rings. The fourth-order valence-corrected chi connectivity index (χ4v) is 1.59. The number of nitrogens with zero attached hydrogens (tertiary/aromatic N) is 1. The van der Waals surface area contributed by atoms with E-state index < -0.39 is 6.10 Å². The summed E-state index contributed by atoms with van der Waals surface area (Å²) in [6, 6.07) is 1.59. The number of halogens is 2. The van der Waals surface area contributed by atoms with Gasteiger partial charge in [-0.1, -0.05) is 36.5 Å². The lowest BCUT2D eigenvalue weighted by Crippen LogP contribution is -2.00. The largest absolute Gasteiger partial charge is 0.387 e. The Hall–Kier alpha value is -0.310. The molecule has 0 bridgehead atoms. The number of rotatable bonds is 3. The molecule has 0 saturated heterocycles. The Morgan fingerprint density at radius 3 is 2.77 bits per heavy atom. The lowest BCUT2D eigenvalue weighted by molar-refractivity contribution is 0.162. The van der Waals surface area contributed by atoms with Crippen molar-refractivity contribution in [2.24, 2.45) is 0 Å². The third kappa shape index (κ3) is 2.83. The molecule has 1 heterocycles. The summed E-state index contributed by atoms with van der Waals surface area (Å²) in [5.41, 5.74) is 0.507. The van der Waals surface area contributed by atoms with Crippen molar-refractivity contribution >= 4 is 23.2 Å². The normalized spacial score (nSPS) is 12.9. The van der Waals surface area contributed by atoms with Crippen LogP contribution in [0.4, 0.5) is 0 Å². The first-order valence-corrected chi connectivity index (χ1v) is 4.89. The van der Waals surface area contributed by atoms with E-state index in [4.69, 9.17) is 23.2 Å². The highest BCUT2D eigenvalue weighted by Gasteiger charge is 2.12. The fourth-order valence-electron chi connectivity index (χ4n) is 1.08. The van der Waals surface area contributed by atoms with Gasteiger partial charge in [0.25, 0.3) is 0 Å². The molecule has 1 atom stereocenters. The van der Waals surface area contributed by atoms with Gasteiger partial charge in [0.1, 0.15) is 0 Å². The number of aromatic nitrogens is 1. The highest BCUT2D eigenvalue weighted by atomic mass is 35.5. The lowest BCUT2D eigenvalue weighted by Gasteiger charge is -2.09. The van der Waals surface area contributed by atoms with Gasteiger partial charge >= 0.3 is 0 Å². The van der Waals surface area contributed by atoms with Crippen molar-refractivity contribution in [1.82, 2.24) is 4.98 Å². The smallest absolute Gasteiger partial charge is 0.0974 e. The summed E-state index contributed by atoms with van der Waals surface area (Å²) < 4.78 is 0. The lowest BCUT2D eigenvalue weighted by atomic mass is 10.1. The second kappa shape index (κ2) is 4.80. The van der Waals surface area contributed by atoms with Crippen molar-refractivity contribution in [3.05, 3.63) is 28.0 Å². The zero-order chi connectivity index (χ0) is 9.84. The number of hydrogen-bond acceptors (Lipinski definition) is 2. The molecule has 1 aromatic rings. The molecule has 0 saturated carbocycles. The SMILES string of the molecule is CCC[C@@H](O)c1ncc(Cl)cc1Cl. The predicted octanol–water partition coefficient (Wildman–Crippen LogP) is 3.22. The average Bonchev–Trinajstić information content (AvgIpc) is 2.04. The van der Waals surface area contributed by atoms with Gasteiger partial charge in [0.2, 0.25) is 0 Å². The van der Waals surface area contributed by atoms with Gasteiger partial charge in [-0.05, 0) is 12.5 Å². The van der Waals surface area contributed by atoms with Gasteiger partial charge < -0.3 is 5.11 Å². The predicted molar refractivity (Wildman–Crippen MR) is 54.1 cm³/mol. The molecule has 0 spiro atoms. The van der Waals surface area contributed by atoms with Gasteiger partial charge in [0, 0.05) is 6.20 Å².